The van der Waals surface area contributed by atoms with Crippen molar-refractivity contribution in [1.82, 2.24) is 4.90 Å². The number of thioether (sulfide) groups is 1. The quantitative estimate of drug-likeness (QED) is 0.511. The molecule has 0 saturated carbocycles. The number of ether oxygens (including phenoxy) is 2. The van der Waals surface area contributed by atoms with Gasteiger partial charge in [0.15, 0.2) is 23.3 Å². The first-order valence-electron chi connectivity index (χ1n) is 10.0. The molecule has 1 aliphatic heterocycles. The number of halogens is 1. The highest BCUT2D eigenvalue weighted by Gasteiger charge is 2.35. The molecule has 0 unspecified atom stereocenters. The topological polar surface area (TPSA) is 94.2 Å². The summed E-state index contributed by atoms with van der Waals surface area (Å²) in [5.74, 6) is 0.137. The van der Waals surface area contributed by atoms with E-state index < -0.39 is 5.91 Å². The zero-order chi connectivity index (χ0) is 23.3. The summed E-state index contributed by atoms with van der Waals surface area (Å²) in [6.07, 6.45) is 1.79. The van der Waals surface area contributed by atoms with E-state index in [1.165, 1.54) is 11.8 Å². The number of nitrogens with two attached hydrogens (primary N) is 1. The lowest BCUT2D eigenvalue weighted by Crippen LogP contribution is -2.35. The molecule has 0 aliphatic carbocycles. The van der Waals surface area contributed by atoms with Crippen LogP contribution in [0.1, 0.15) is 26.3 Å². The molecule has 0 atom stereocenters. The second-order valence-corrected chi connectivity index (χ2v) is 8.99. The van der Waals surface area contributed by atoms with Gasteiger partial charge in [0.25, 0.3) is 11.8 Å². The van der Waals surface area contributed by atoms with E-state index in [0.29, 0.717) is 32.7 Å². The summed E-state index contributed by atoms with van der Waals surface area (Å²) in [5.41, 5.74) is 6.72. The van der Waals surface area contributed by atoms with E-state index in [9.17, 15) is 9.59 Å². The fourth-order valence-electron chi connectivity index (χ4n) is 3.00. The van der Waals surface area contributed by atoms with Gasteiger partial charge in [-0.1, -0.05) is 18.2 Å². The predicted molar refractivity (Wildman–Crippen MR) is 131 cm³/mol. The Labute approximate surface area is 199 Å². The van der Waals surface area contributed by atoms with Crippen LogP contribution in [-0.2, 0) is 9.59 Å². The maximum atomic E-state index is 13.1. The maximum Gasteiger partial charge on any atom is 0.266 e. The average Bonchev–Trinajstić information content (AvgIpc) is 3.03. The smallest absolute Gasteiger partial charge is 0.266 e. The number of primary amides is 1. The molecule has 0 bridgehead atoms. The van der Waals surface area contributed by atoms with Crippen molar-refractivity contribution in [3.05, 3.63) is 57.4 Å². The molecule has 3 rings (SSSR count). The number of para-hydroxylation sites is 1. The fraction of sp³-hybridized carbons (Fsp3) is 0.261. The lowest BCUT2D eigenvalue weighted by molar-refractivity contribution is -0.123. The molecular formula is C23H24BrN3O4S. The molecule has 0 radical (unpaired) electrons. The molecule has 0 spiro atoms. The van der Waals surface area contributed by atoms with Crippen LogP contribution in [0.5, 0.6) is 11.5 Å². The Morgan fingerprint density at radius 2 is 1.97 bits per heavy atom. The number of amides is 2. The Morgan fingerprint density at radius 1 is 1.25 bits per heavy atom. The molecule has 2 N–H and O–H groups in total. The van der Waals surface area contributed by atoms with Gasteiger partial charge in [-0.25, -0.2) is 4.99 Å². The molecule has 32 heavy (non-hydrogen) atoms. The van der Waals surface area contributed by atoms with Gasteiger partial charge in [0.2, 0.25) is 0 Å². The highest BCUT2D eigenvalue weighted by Crippen LogP contribution is 2.40. The third-order valence-corrected chi connectivity index (χ3v) is 5.89. The third-order valence-electron chi connectivity index (χ3n) is 4.32. The van der Waals surface area contributed by atoms with Crippen LogP contribution in [0.15, 0.2) is 56.8 Å². The summed E-state index contributed by atoms with van der Waals surface area (Å²) in [6.45, 7) is 5.89. The Balaban J connectivity index is 1.97. The number of amidine groups is 1. The minimum absolute atomic E-state index is 0.0429. The fourth-order valence-corrected chi connectivity index (χ4v) is 4.70. The summed E-state index contributed by atoms with van der Waals surface area (Å²) < 4.78 is 11.8. The molecule has 2 amide bonds. The van der Waals surface area contributed by atoms with Gasteiger partial charge in [0.1, 0.15) is 0 Å². The van der Waals surface area contributed by atoms with E-state index >= 15 is 0 Å². The van der Waals surface area contributed by atoms with Crippen molar-refractivity contribution < 1.29 is 19.1 Å². The van der Waals surface area contributed by atoms with Crippen molar-refractivity contribution in [2.45, 2.75) is 26.8 Å². The zero-order valence-corrected chi connectivity index (χ0v) is 20.4. The zero-order valence-electron chi connectivity index (χ0n) is 18.0. The molecule has 0 aromatic heterocycles. The standard InChI is InChI=1S/C23H24BrN3O4S/c1-4-30-18-11-15(10-17(24)21(18)31-13-20(25)28)12-19-22(29)27(14(2)3)23(32-19)26-16-8-6-5-7-9-16/h5-12,14H,4,13H2,1-3H3,(H2,25,28)/b19-12+,26-23?. The first-order valence-corrected chi connectivity index (χ1v) is 11.6. The summed E-state index contributed by atoms with van der Waals surface area (Å²) in [7, 11) is 0. The number of carbonyl (C=O) groups excluding carboxylic acids is 2. The van der Waals surface area contributed by atoms with Crippen molar-refractivity contribution >= 4 is 56.4 Å². The molecule has 2 aromatic carbocycles. The van der Waals surface area contributed by atoms with E-state index in [2.05, 4.69) is 20.9 Å². The molecule has 9 heteroatoms. The first kappa shape index (κ1) is 23.9. The summed E-state index contributed by atoms with van der Waals surface area (Å²) >= 11 is 4.79. The molecule has 2 aromatic rings. The van der Waals surface area contributed by atoms with Crippen LogP contribution in [0, 0.1) is 0 Å². The number of hydrogen-bond acceptors (Lipinski definition) is 6. The molecule has 1 fully saturated rings. The predicted octanol–water partition coefficient (Wildman–Crippen LogP) is 4.72. The van der Waals surface area contributed by atoms with Gasteiger partial charge in [0.05, 0.1) is 21.7 Å². The Kier molecular flexibility index (Phi) is 7.98. The molecular weight excluding hydrogens is 494 g/mol. The molecule has 1 aliphatic rings. The van der Waals surface area contributed by atoms with Crippen LogP contribution in [0.2, 0.25) is 0 Å². The highest BCUT2D eigenvalue weighted by molar-refractivity contribution is 9.10. The third kappa shape index (κ3) is 5.72. The molecule has 1 saturated heterocycles. The van der Waals surface area contributed by atoms with Crippen LogP contribution in [-0.4, -0.2) is 41.1 Å². The van der Waals surface area contributed by atoms with Crippen LogP contribution < -0.4 is 15.2 Å². The Bertz CT molecular complexity index is 1070. The SMILES string of the molecule is CCOc1cc(/C=C2/SC(=Nc3ccccc3)N(C(C)C)C2=O)cc(Br)c1OCC(N)=O. The molecule has 1 heterocycles. The Hall–Kier alpha value is -2.78. The number of benzene rings is 2. The molecule has 7 nitrogen and oxygen atoms in total. The maximum absolute atomic E-state index is 13.1. The van der Waals surface area contributed by atoms with Crippen molar-refractivity contribution in [1.29, 1.82) is 0 Å². The van der Waals surface area contributed by atoms with Gasteiger partial charge < -0.3 is 15.2 Å². The van der Waals surface area contributed by atoms with E-state index in [1.807, 2.05) is 51.1 Å². The number of rotatable bonds is 8. The van der Waals surface area contributed by atoms with E-state index in [-0.39, 0.29) is 18.6 Å². The largest absolute Gasteiger partial charge is 0.490 e. The van der Waals surface area contributed by atoms with Crippen molar-refractivity contribution in [3.8, 4) is 11.5 Å². The minimum Gasteiger partial charge on any atom is -0.490 e. The number of hydrogen-bond donors (Lipinski definition) is 1. The highest BCUT2D eigenvalue weighted by atomic mass is 79.9. The van der Waals surface area contributed by atoms with E-state index in [0.717, 1.165) is 11.3 Å². The minimum atomic E-state index is -0.586. The normalized spacial score (nSPS) is 16.3. The van der Waals surface area contributed by atoms with Crippen LogP contribution in [0.4, 0.5) is 5.69 Å². The van der Waals surface area contributed by atoms with E-state index in [1.54, 1.807) is 23.1 Å². The van der Waals surface area contributed by atoms with Gasteiger partial charge in [-0.2, -0.15) is 0 Å². The van der Waals surface area contributed by atoms with Crippen molar-refractivity contribution in [2.24, 2.45) is 10.7 Å². The molecule has 168 valence electrons. The van der Waals surface area contributed by atoms with Gasteiger partial charge in [0, 0.05) is 6.04 Å². The summed E-state index contributed by atoms with van der Waals surface area (Å²) in [5, 5.41) is 0.632. The summed E-state index contributed by atoms with van der Waals surface area (Å²) in [6, 6.07) is 13.1. The first-order chi connectivity index (χ1) is 15.3. The number of nitrogens with zero attached hydrogens (tertiary/aromatic N) is 2. The van der Waals surface area contributed by atoms with Gasteiger partial charge in [-0.15, -0.1) is 0 Å². The van der Waals surface area contributed by atoms with E-state index in [4.69, 9.17) is 15.2 Å². The van der Waals surface area contributed by atoms with Gasteiger partial charge in [-0.3, -0.25) is 14.5 Å². The van der Waals surface area contributed by atoms with Gasteiger partial charge >= 0.3 is 0 Å². The Morgan fingerprint density at radius 3 is 2.59 bits per heavy atom. The monoisotopic (exact) mass is 517 g/mol. The number of carbonyl (C=O) groups is 2. The van der Waals surface area contributed by atoms with Gasteiger partial charge in [-0.05, 0) is 84.4 Å². The number of aliphatic imine (C=N–C) groups is 1. The van der Waals surface area contributed by atoms with Crippen LogP contribution in [0.3, 0.4) is 0 Å². The lowest BCUT2D eigenvalue weighted by atomic mass is 10.1. The van der Waals surface area contributed by atoms with Crippen LogP contribution in [0.25, 0.3) is 6.08 Å². The van der Waals surface area contributed by atoms with Crippen LogP contribution >= 0.6 is 27.7 Å². The van der Waals surface area contributed by atoms with Crippen molar-refractivity contribution in [2.75, 3.05) is 13.2 Å². The van der Waals surface area contributed by atoms with Crippen molar-refractivity contribution in [3.63, 3.8) is 0 Å². The average molecular weight is 518 g/mol. The summed E-state index contributed by atoms with van der Waals surface area (Å²) in [4.78, 5) is 31.1. The second-order valence-electron chi connectivity index (χ2n) is 7.13. The lowest BCUT2D eigenvalue weighted by Gasteiger charge is -2.19. The second kappa shape index (κ2) is 10.7.